The first-order chi connectivity index (χ1) is 13.3. The SMILES string of the molecule is O=C1c2cccc3cccc(c23)C(=O)N1CCCCNCc1ccccn1. The Labute approximate surface area is 158 Å². The number of carbonyl (C=O) groups excluding carboxylic acids is 2. The standard InChI is InChI=1S/C22H21N3O2/c26-21-18-10-5-7-16-8-6-11-19(20(16)18)22(27)25(21)14-4-3-12-23-15-17-9-1-2-13-24-17/h1-2,5-11,13,23H,3-4,12,14-15H2. The lowest BCUT2D eigenvalue weighted by Gasteiger charge is -2.27. The molecule has 27 heavy (non-hydrogen) atoms. The van der Waals surface area contributed by atoms with Gasteiger partial charge in [-0.2, -0.15) is 0 Å². The summed E-state index contributed by atoms with van der Waals surface area (Å²) >= 11 is 0. The summed E-state index contributed by atoms with van der Waals surface area (Å²) < 4.78 is 0. The van der Waals surface area contributed by atoms with Crippen LogP contribution in [0.15, 0.2) is 60.8 Å². The molecule has 0 fully saturated rings. The minimum absolute atomic E-state index is 0.189. The molecule has 1 N–H and O–H groups in total. The van der Waals surface area contributed by atoms with Gasteiger partial charge < -0.3 is 5.32 Å². The summed E-state index contributed by atoms with van der Waals surface area (Å²) in [5, 5.41) is 5.06. The van der Waals surface area contributed by atoms with Gasteiger partial charge in [-0.15, -0.1) is 0 Å². The molecule has 5 heteroatoms. The van der Waals surface area contributed by atoms with Crippen molar-refractivity contribution in [3.8, 4) is 0 Å². The maximum Gasteiger partial charge on any atom is 0.261 e. The molecule has 2 aromatic carbocycles. The van der Waals surface area contributed by atoms with Gasteiger partial charge in [0.2, 0.25) is 0 Å². The monoisotopic (exact) mass is 359 g/mol. The van der Waals surface area contributed by atoms with Gasteiger partial charge in [0.15, 0.2) is 0 Å². The average Bonchev–Trinajstić information content (AvgIpc) is 2.71. The molecule has 1 aromatic heterocycles. The summed E-state index contributed by atoms with van der Waals surface area (Å²) in [4.78, 5) is 31.3. The highest BCUT2D eigenvalue weighted by molar-refractivity contribution is 6.25. The molecule has 136 valence electrons. The summed E-state index contributed by atoms with van der Waals surface area (Å²) in [6.45, 7) is 1.98. The van der Waals surface area contributed by atoms with Gasteiger partial charge in [0, 0.05) is 35.8 Å². The molecule has 2 amide bonds. The van der Waals surface area contributed by atoms with Crippen LogP contribution in [0.25, 0.3) is 10.8 Å². The number of rotatable bonds is 7. The van der Waals surface area contributed by atoms with E-state index in [0.29, 0.717) is 17.7 Å². The lowest BCUT2D eigenvalue weighted by atomic mass is 9.94. The first kappa shape index (κ1) is 17.4. The second-order valence-corrected chi connectivity index (χ2v) is 6.68. The van der Waals surface area contributed by atoms with Gasteiger partial charge in [-0.3, -0.25) is 19.5 Å². The first-order valence-electron chi connectivity index (χ1n) is 9.24. The first-order valence-corrected chi connectivity index (χ1v) is 9.24. The predicted molar refractivity (Wildman–Crippen MR) is 104 cm³/mol. The molecule has 0 atom stereocenters. The Bertz CT molecular complexity index is 935. The van der Waals surface area contributed by atoms with E-state index in [0.717, 1.165) is 42.4 Å². The average molecular weight is 359 g/mol. The highest BCUT2D eigenvalue weighted by Crippen LogP contribution is 2.29. The van der Waals surface area contributed by atoms with Crippen LogP contribution in [-0.4, -0.2) is 34.8 Å². The van der Waals surface area contributed by atoms with Crippen LogP contribution >= 0.6 is 0 Å². The third kappa shape index (κ3) is 3.46. The molecular weight excluding hydrogens is 338 g/mol. The Morgan fingerprint density at radius 2 is 1.59 bits per heavy atom. The zero-order valence-corrected chi connectivity index (χ0v) is 15.0. The fourth-order valence-electron chi connectivity index (χ4n) is 3.52. The minimum Gasteiger partial charge on any atom is -0.311 e. The van der Waals surface area contributed by atoms with Gasteiger partial charge in [0.05, 0.1) is 5.69 Å². The number of hydrogen-bond donors (Lipinski definition) is 1. The molecule has 0 saturated heterocycles. The van der Waals surface area contributed by atoms with Crippen molar-refractivity contribution in [2.75, 3.05) is 13.1 Å². The number of imide groups is 1. The van der Waals surface area contributed by atoms with Crippen molar-refractivity contribution in [2.45, 2.75) is 19.4 Å². The van der Waals surface area contributed by atoms with Crippen LogP contribution in [0.5, 0.6) is 0 Å². The van der Waals surface area contributed by atoms with E-state index >= 15 is 0 Å². The molecule has 1 aliphatic rings. The topological polar surface area (TPSA) is 62.3 Å². The van der Waals surface area contributed by atoms with Gasteiger partial charge in [0.25, 0.3) is 11.8 Å². The maximum absolute atomic E-state index is 12.8. The fraction of sp³-hybridized carbons (Fsp3) is 0.227. The number of benzene rings is 2. The molecule has 0 saturated carbocycles. The van der Waals surface area contributed by atoms with E-state index in [1.54, 1.807) is 6.20 Å². The quantitative estimate of drug-likeness (QED) is 0.519. The van der Waals surface area contributed by atoms with E-state index < -0.39 is 0 Å². The summed E-state index contributed by atoms with van der Waals surface area (Å²) in [6.07, 6.45) is 3.43. The number of amides is 2. The zero-order valence-electron chi connectivity index (χ0n) is 15.0. The smallest absolute Gasteiger partial charge is 0.261 e. The second kappa shape index (κ2) is 7.68. The second-order valence-electron chi connectivity index (χ2n) is 6.68. The van der Waals surface area contributed by atoms with E-state index in [4.69, 9.17) is 0 Å². The molecule has 2 heterocycles. The van der Waals surface area contributed by atoms with Crippen molar-refractivity contribution in [1.82, 2.24) is 15.2 Å². The molecule has 5 nitrogen and oxygen atoms in total. The number of carbonyl (C=O) groups is 2. The van der Waals surface area contributed by atoms with Crippen LogP contribution in [-0.2, 0) is 6.54 Å². The zero-order chi connectivity index (χ0) is 18.6. The molecule has 0 radical (unpaired) electrons. The lowest BCUT2D eigenvalue weighted by molar-refractivity contribution is 0.0608. The highest BCUT2D eigenvalue weighted by Gasteiger charge is 2.31. The number of hydrogen-bond acceptors (Lipinski definition) is 4. The summed E-state index contributed by atoms with van der Waals surface area (Å²) in [6, 6.07) is 17.1. The van der Waals surface area contributed by atoms with Crippen molar-refractivity contribution in [1.29, 1.82) is 0 Å². The Kier molecular flexibility index (Phi) is 4.94. The molecule has 3 aromatic rings. The molecule has 0 spiro atoms. The number of pyridine rings is 1. The van der Waals surface area contributed by atoms with Gasteiger partial charge in [-0.1, -0.05) is 30.3 Å². The normalized spacial score (nSPS) is 13.4. The van der Waals surface area contributed by atoms with Crippen molar-refractivity contribution in [3.63, 3.8) is 0 Å². The van der Waals surface area contributed by atoms with Crippen LogP contribution in [0.1, 0.15) is 39.3 Å². The van der Waals surface area contributed by atoms with Gasteiger partial charge in [-0.05, 0) is 49.0 Å². The number of nitrogens with zero attached hydrogens (tertiary/aromatic N) is 2. The van der Waals surface area contributed by atoms with Crippen LogP contribution in [0, 0.1) is 0 Å². The van der Waals surface area contributed by atoms with Gasteiger partial charge in [0.1, 0.15) is 0 Å². The third-order valence-electron chi connectivity index (χ3n) is 4.87. The van der Waals surface area contributed by atoms with Crippen molar-refractivity contribution in [3.05, 3.63) is 77.6 Å². The van der Waals surface area contributed by atoms with E-state index in [-0.39, 0.29) is 11.8 Å². The molecule has 0 unspecified atom stereocenters. The van der Waals surface area contributed by atoms with E-state index in [9.17, 15) is 9.59 Å². The van der Waals surface area contributed by atoms with Crippen molar-refractivity contribution < 1.29 is 9.59 Å². The van der Waals surface area contributed by atoms with Gasteiger partial charge >= 0.3 is 0 Å². The molecule has 1 aliphatic heterocycles. The summed E-state index contributed by atoms with van der Waals surface area (Å²) in [5.41, 5.74) is 2.25. The van der Waals surface area contributed by atoms with Crippen LogP contribution < -0.4 is 5.32 Å². The molecule has 0 bridgehead atoms. The Balaban J connectivity index is 1.35. The Morgan fingerprint density at radius 3 is 2.26 bits per heavy atom. The maximum atomic E-state index is 12.8. The molecular formula is C22H21N3O2. The Morgan fingerprint density at radius 1 is 0.852 bits per heavy atom. The number of unbranched alkanes of at least 4 members (excludes halogenated alkanes) is 1. The van der Waals surface area contributed by atoms with Crippen molar-refractivity contribution >= 4 is 22.6 Å². The van der Waals surface area contributed by atoms with E-state index in [1.807, 2.05) is 54.6 Å². The fourth-order valence-corrected chi connectivity index (χ4v) is 3.52. The minimum atomic E-state index is -0.189. The van der Waals surface area contributed by atoms with Crippen LogP contribution in [0.2, 0.25) is 0 Å². The number of nitrogens with one attached hydrogen (secondary N) is 1. The van der Waals surface area contributed by atoms with E-state index in [2.05, 4.69) is 10.3 Å². The number of aromatic nitrogens is 1. The predicted octanol–water partition coefficient (Wildman–Crippen LogP) is 3.40. The molecule has 4 rings (SSSR count). The van der Waals surface area contributed by atoms with E-state index in [1.165, 1.54) is 4.90 Å². The third-order valence-corrected chi connectivity index (χ3v) is 4.87. The lowest BCUT2D eigenvalue weighted by Crippen LogP contribution is -2.41. The summed E-state index contributed by atoms with van der Waals surface area (Å²) in [5.74, 6) is -0.378. The van der Waals surface area contributed by atoms with Gasteiger partial charge in [-0.25, -0.2) is 0 Å². The van der Waals surface area contributed by atoms with Crippen LogP contribution in [0.3, 0.4) is 0 Å². The van der Waals surface area contributed by atoms with Crippen LogP contribution in [0.4, 0.5) is 0 Å². The summed E-state index contributed by atoms with van der Waals surface area (Å²) in [7, 11) is 0. The Hall–Kier alpha value is -3.05. The van der Waals surface area contributed by atoms with Crippen molar-refractivity contribution in [2.24, 2.45) is 0 Å². The largest absolute Gasteiger partial charge is 0.311 e. The highest BCUT2D eigenvalue weighted by atomic mass is 16.2. The molecule has 0 aliphatic carbocycles.